The van der Waals surface area contributed by atoms with Crippen LogP contribution in [0.2, 0.25) is 0 Å². The molecule has 0 saturated carbocycles. The number of H-pyrrole nitrogens is 1. The van der Waals surface area contributed by atoms with Crippen molar-refractivity contribution >= 4 is 38.6 Å². The number of hydrogen-bond acceptors (Lipinski definition) is 4. The summed E-state index contributed by atoms with van der Waals surface area (Å²) in [6, 6.07) is 35.7. The van der Waals surface area contributed by atoms with Crippen LogP contribution < -0.4 is 14.8 Å². The Bertz CT molecular complexity index is 2110. The zero-order valence-electron chi connectivity index (χ0n) is 24.6. The number of ether oxygens (including phenoxy) is 2. The van der Waals surface area contributed by atoms with Crippen LogP contribution in [0.15, 0.2) is 115 Å². The highest BCUT2D eigenvalue weighted by molar-refractivity contribution is 5.94. The molecule has 1 atom stereocenters. The van der Waals surface area contributed by atoms with E-state index in [4.69, 9.17) is 14.5 Å². The monoisotopic (exact) mass is 580 g/mol. The number of hydrogen-bond donors (Lipinski definition) is 2. The second kappa shape index (κ2) is 11.6. The normalized spacial score (nSPS) is 12.0. The van der Waals surface area contributed by atoms with Crippen LogP contribution in [-0.4, -0.2) is 34.7 Å². The van der Waals surface area contributed by atoms with Gasteiger partial charge in [-0.05, 0) is 70.4 Å². The summed E-state index contributed by atoms with van der Waals surface area (Å²) >= 11 is 0. The van der Waals surface area contributed by atoms with E-state index in [0.717, 1.165) is 44.6 Å². The van der Waals surface area contributed by atoms with Crippen LogP contribution in [0.4, 0.5) is 0 Å². The van der Waals surface area contributed by atoms with Gasteiger partial charge in [-0.25, -0.2) is 4.98 Å². The lowest BCUT2D eigenvalue weighted by atomic mass is 10.0. The molecule has 0 aliphatic carbocycles. The van der Waals surface area contributed by atoms with E-state index in [9.17, 15) is 4.79 Å². The van der Waals surface area contributed by atoms with Gasteiger partial charge in [0.05, 0.1) is 31.3 Å². The lowest BCUT2D eigenvalue weighted by molar-refractivity contribution is 0.0934. The zero-order chi connectivity index (χ0) is 30.0. The fourth-order valence-corrected chi connectivity index (χ4v) is 5.91. The molecular formula is C37H32N4O3. The third-order valence-corrected chi connectivity index (χ3v) is 8.21. The van der Waals surface area contributed by atoms with Crippen molar-refractivity contribution < 1.29 is 14.3 Å². The van der Waals surface area contributed by atoms with Crippen LogP contribution >= 0.6 is 0 Å². The van der Waals surface area contributed by atoms with Crippen molar-refractivity contribution in [3.05, 3.63) is 138 Å². The maximum Gasteiger partial charge on any atom is 0.251 e. The van der Waals surface area contributed by atoms with E-state index in [0.29, 0.717) is 24.3 Å². The van der Waals surface area contributed by atoms with Crippen molar-refractivity contribution in [2.75, 3.05) is 14.2 Å². The van der Waals surface area contributed by atoms with Crippen LogP contribution in [0.5, 0.6) is 11.5 Å². The number of carbonyl (C=O) groups is 1. The minimum absolute atomic E-state index is 0.181. The standard InChI is InChI=1S/C37H32N4O3/c1-43-29-15-13-26(14-16-29)37(42)40-34(20-28-22-38-32-10-6-5-9-31(28)32)36-39-33-18-17-30(44-2)21-35(33)41(36)23-24-11-12-25-7-3-4-8-27(25)19-24/h3-19,21-22,34,38H,20,23H2,1-2H3,(H,40,42). The van der Waals surface area contributed by atoms with Crippen molar-refractivity contribution in [2.45, 2.75) is 19.0 Å². The lowest BCUT2D eigenvalue weighted by Gasteiger charge is -2.21. The summed E-state index contributed by atoms with van der Waals surface area (Å²) in [4.78, 5) is 22.3. The molecule has 2 heterocycles. The molecule has 0 fully saturated rings. The molecule has 7 heteroatoms. The van der Waals surface area contributed by atoms with Gasteiger partial charge in [0, 0.05) is 41.7 Å². The fourth-order valence-electron chi connectivity index (χ4n) is 5.91. The van der Waals surface area contributed by atoms with Crippen molar-refractivity contribution in [1.82, 2.24) is 19.9 Å². The molecule has 0 aliphatic rings. The number of aromatic amines is 1. The molecular weight excluding hydrogens is 548 g/mol. The van der Waals surface area contributed by atoms with E-state index in [1.807, 2.05) is 36.5 Å². The summed E-state index contributed by atoms with van der Waals surface area (Å²) in [6.45, 7) is 0.576. The molecule has 218 valence electrons. The first kappa shape index (κ1) is 27.3. The summed E-state index contributed by atoms with van der Waals surface area (Å²) in [5.74, 6) is 2.04. The predicted molar refractivity (Wildman–Crippen MR) is 175 cm³/mol. The Hall–Kier alpha value is -5.56. The maximum atomic E-state index is 13.7. The number of carbonyl (C=O) groups excluding carboxylic acids is 1. The van der Waals surface area contributed by atoms with Crippen LogP contribution in [0.25, 0.3) is 32.7 Å². The molecule has 7 aromatic rings. The number of imidazole rings is 1. The maximum absolute atomic E-state index is 13.7. The first-order chi connectivity index (χ1) is 21.6. The minimum Gasteiger partial charge on any atom is -0.497 e. The van der Waals surface area contributed by atoms with E-state index < -0.39 is 6.04 Å². The minimum atomic E-state index is -0.428. The molecule has 7 nitrogen and oxygen atoms in total. The van der Waals surface area contributed by atoms with Gasteiger partial charge in [-0.2, -0.15) is 0 Å². The van der Waals surface area contributed by atoms with Crippen LogP contribution in [-0.2, 0) is 13.0 Å². The van der Waals surface area contributed by atoms with Crippen LogP contribution in [0.1, 0.15) is 33.4 Å². The Morgan fingerprint density at radius 1 is 0.841 bits per heavy atom. The average molecular weight is 581 g/mol. The molecule has 0 radical (unpaired) electrons. The molecule has 0 bridgehead atoms. The van der Waals surface area contributed by atoms with Crippen molar-refractivity contribution in [3.63, 3.8) is 0 Å². The third kappa shape index (κ3) is 5.24. The Morgan fingerprint density at radius 2 is 1.59 bits per heavy atom. The molecule has 44 heavy (non-hydrogen) atoms. The van der Waals surface area contributed by atoms with Gasteiger partial charge in [-0.1, -0.05) is 54.6 Å². The van der Waals surface area contributed by atoms with Gasteiger partial charge in [-0.15, -0.1) is 0 Å². The molecule has 1 amide bonds. The Balaban J connectivity index is 1.35. The largest absolute Gasteiger partial charge is 0.497 e. The van der Waals surface area contributed by atoms with E-state index in [2.05, 4.69) is 69.5 Å². The number of amides is 1. The first-order valence-electron chi connectivity index (χ1n) is 14.6. The Morgan fingerprint density at radius 3 is 2.41 bits per heavy atom. The van der Waals surface area contributed by atoms with Gasteiger partial charge in [0.25, 0.3) is 5.91 Å². The average Bonchev–Trinajstić information content (AvgIpc) is 3.65. The topological polar surface area (TPSA) is 81.2 Å². The number of nitrogens with one attached hydrogen (secondary N) is 2. The number of methoxy groups -OCH3 is 2. The summed E-state index contributed by atoms with van der Waals surface area (Å²) in [5.41, 5.74) is 5.62. The molecule has 0 spiro atoms. The van der Waals surface area contributed by atoms with Gasteiger partial charge in [0.1, 0.15) is 17.3 Å². The van der Waals surface area contributed by atoms with E-state index in [1.54, 1.807) is 38.5 Å². The first-order valence-corrected chi connectivity index (χ1v) is 14.6. The molecule has 0 saturated heterocycles. The van der Waals surface area contributed by atoms with Gasteiger partial charge >= 0.3 is 0 Å². The molecule has 2 aromatic heterocycles. The highest BCUT2D eigenvalue weighted by Gasteiger charge is 2.25. The van der Waals surface area contributed by atoms with E-state index in [-0.39, 0.29) is 5.91 Å². The van der Waals surface area contributed by atoms with Crippen molar-refractivity contribution in [2.24, 2.45) is 0 Å². The summed E-state index contributed by atoms with van der Waals surface area (Å²) < 4.78 is 13.1. The summed E-state index contributed by atoms with van der Waals surface area (Å²) in [6.07, 6.45) is 2.57. The SMILES string of the molecule is COc1ccc(C(=O)NC(Cc2c[nH]c3ccccc23)c2nc3ccc(OC)cc3n2Cc2ccc3ccccc3c2)cc1. The van der Waals surface area contributed by atoms with Crippen molar-refractivity contribution in [3.8, 4) is 11.5 Å². The number of benzene rings is 5. The number of para-hydroxylation sites is 1. The molecule has 5 aromatic carbocycles. The second-order valence-electron chi connectivity index (χ2n) is 10.9. The number of aromatic nitrogens is 3. The molecule has 1 unspecified atom stereocenters. The smallest absolute Gasteiger partial charge is 0.251 e. The highest BCUT2D eigenvalue weighted by Crippen LogP contribution is 2.30. The van der Waals surface area contributed by atoms with Crippen LogP contribution in [0.3, 0.4) is 0 Å². The van der Waals surface area contributed by atoms with Gasteiger partial charge in [-0.3, -0.25) is 4.79 Å². The lowest BCUT2D eigenvalue weighted by Crippen LogP contribution is -2.32. The number of nitrogens with zero attached hydrogens (tertiary/aromatic N) is 2. The van der Waals surface area contributed by atoms with Gasteiger partial charge < -0.3 is 24.3 Å². The molecule has 7 rings (SSSR count). The number of fused-ring (bicyclic) bond motifs is 3. The third-order valence-electron chi connectivity index (χ3n) is 8.21. The predicted octanol–water partition coefficient (Wildman–Crippen LogP) is 7.45. The van der Waals surface area contributed by atoms with E-state index >= 15 is 0 Å². The Labute approximate surface area is 255 Å². The van der Waals surface area contributed by atoms with Crippen molar-refractivity contribution in [1.29, 1.82) is 0 Å². The number of rotatable bonds is 9. The molecule has 2 N–H and O–H groups in total. The fraction of sp³-hybridized carbons (Fsp3) is 0.135. The highest BCUT2D eigenvalue weighted by atomic mass is 16.5. The quantitative estimate of drug-likeness (QED) is 0.186. The Kier molecular flexibility index (Phi) is 7.20. The van der Waals surface area contributed by atoms with Gasteiger partial charge in [0.15, 0.2) is 0 Å². The molecule has 0 aliphatic heterocycles. The summed E-state index contributed by atoms with van der Waals surface area (Å²) in [5, 5.41) is 6.82. The van der Waals surface area contributed by atoms with Gasteiger partial charge in [0.2, 0.25) is 0 Å². The zero-order valence-corrected chi connectivity index (χ0v) is 24.6. The second-order valence-corrected chi connectivity index (χ2v) is 10.9. The summed E-state index contributed by atoms with van der Waals surface area (Å²) in [7, 11) is 3.28. The van der Waals surface area contributed by atoms with Crippen LogP contribution in [0, 0.1) is 0 Å². The van der Waals surface area contributed by atoms with E-state index in [1.165, 1.54) is 10.8 Å².